The second kappa shape index (κ2) is 9.91. The molecule has 0 saturated carbocycles. The van der Waals surface area contributed by atoms with Crippen LogP contribution in [0.25, 0.3) is 0 Å². The van der Waals surface area contributed by atoms with Gasteiger partial charge in [-0.15, -0.1) is 24.4 Å². The number of rotatable bonds is 6. The highest BCUT2D eigenvalue weighted by Crippen LogP contribution is 2.27. The third kappa shape index (κ3) is 6.20. The minimum atomic E-state index is -0.140. The van der Waals surface area contributed by atoms with Crippen LogP contribution < -0.4 is 10.9 Å². The number of hydrazine groups is 1. The van der Waals surface area contributed by atoms with Gasteiger partial charge in [0.25, 0.3) is 5.91 Å². The Labute approximate surface area is 178 Å². The van der Waals surface area contributed by atoms with Gasteiger partial charge in [0.2, 0.25) is 0 Å². The zero-order chi connectivity index (χ0) is 19.2. The summed E-state index contributed by atoms with van der Waals surface area (Å²) in [6, 6.07) is 15.3. The van der Waals surface area contributed by atoms with Crippen LogP contribution in [0.4, 0.5) is 5.69 Å². The fourth-order valence-corrected chi connectivity index (χ4v) is 4.34. The average Bonchev–Trinajstić information content (AvgIpc) is 2.64. The van der Waals surface area contributed by atoms with Gasteiger partial charge < -0.3 is 0 Å². The van der Waals surface area contributed by atoms with Gasteiger partial charge in [-0.1, -0.05) is 53.5 Å². The highest BCUT2D eigenvalue weighted by Gasteiger charge is 2.26. The van der Waals surface area contributed by atoms with Gasteiger partial charge in [0.05, 0.1) is 23.9 Å². The van der Waals surface area contributed by atoms with E-state index < -0.39 is 0 Å². The van der Waals surface area contributed by atoms with Gasteiger partial charge in [-0.3, -0.25) is 25.4 Å². The quantitative estimate of drug-likeness (QED) is 0.463. The van der Waals surface area contributed by atoms with Crippen molar-refractivity contribution in [3.63, 3.8) is 0 Å². The summed E-state index contributed by atoms with van der Waals surface area (Å²) in [5, 5.41) is 0.991. The van der Waals surface area contributed by atoms with Crippen molar-refractivity contribution in [2.45, 2.75) is 11.3 Å². The summed E-state index contributed by atoms with van der Waals surface area (Å²) in [5.41, 5.74) is 7.34. The lowest BCUT2D eigenvalue weighted by atomic mass is 10.2. The van der Waals surface area contributed by atoms with Crippen LogP contribution in [0.5, 0.6) is 0 Å². The van der Waals surface area contributed by atoms with E-state index in [0.717, 1.165) is 12.4 Å². The molecule has 1 amide bonds. The van der Waals surface area contributed by atoms with Crippen molar-refractivity contribution < 1.29 is 4.79 Å². The first kappa shape index (κ1) is 20.6. The Morgan fingerprint density at radius 2 is 2.00 bits per heavy atom. The Bertz CT molecular complexity index is 781. The molecule has 1 aliphatic heterocycles. The minimum Gasteiger partial charge on any atom is -0.297 e. The van der Waals surface area contributed by atoms with Crippen LogP contribution >= 0.6 is 47.6 Å². The number of anilines is 1. The van der Waals surface area contributed by atoms with Crippen molar-refractivity contribution in [1.82, 2.24) is 15.2 Å². The smallest absolute Gasteiger partial charge is 0.252 e. The molecule has 1 heterocycles. The monoisotopic (exact) mass is 442 g/mol. The van der Waals surface area contributed by atoms with E-state index in [2.05, 4.69) is 45.4 Å². The molecule has 0 aromatic heterocycles. The van der Waals surface area contributed by atoms with Crippen LogP contribution in [0.1, 0.15) is 5.56 Å². The summed E-state index contributed by atoms with van der Waals surface area (Å²) in [7, 11) is 0. The minimum absolute atomic E-state index is 0.107. The molecule has 1 unspecified atom stereocenters. The fraction of sp³-hybridized carbons (Fsp3) is 0.278. The van der Waals surface area contributed by atoms with E-state index in [1.54, 1.807) is 30.0 Å². The number of hydrogen-bond donors (Lipinski definition) is 3. The Balaban J connectivity index is 1.50. The maximum atomic E-state index is 12.3. The molecule has 27 heavy (non-hydrogen) atoms. The number of carbonyl (C=O) groups excluding carboxylic acids is 1. The molecule has 0 aliphatic carbocycles. The molecule has 2 aromatic carbocycles. The molecule has 0 radical (unpaired) electrons. The van der Waals surface area contributed by atoms with E-state index in [1.165, 1.54) is 5.56 Å². The highest BCUT2D eigenvalue weighted by atomic mass is 35.5. The maximum absolute atomic E-state index is 12.3. The first-order valence-electron chi connectivity index (χ1n) is 8.31. The zero-order valence-corrected chi connectivity index (χ0v) is 17.7. The molecule has 3 rings (SSSR count). The SMILES string of the molecule is O=C(CN1CSC(S)N(Cc2ccccc2)C1)NNc1ccc(Cl)cc1Cl. The second-order valence-electron chi connectivity index (χ2n) is 6.12. The van der Waals surface area contributed by atoms with E-state index in [0.29, 0.717) is 22.4 Å². The zero-order valence-electron chi connectivity index (χ0n) is 14.4. The Kier molecular flexibility index (Phi) is 7.57. The molecule has 144 valence electrons. The largest absolute Gasteiger partial charge is 0.297 e. The summed E-state index contributed by atoms with van der Waals surface area (Å²) in [5.74, 6) is 0.605. The summed E-state index contributed by atoms with van der Waals surface area (Å²) < 4.78 is 0.107. The lowest BCUT2D eigenvalue weighted by molar-refractivity contribution is -0.122. The van der Waals surface area contributed by atoms with Gasteiger partial charge in [-0.25, -0.2) is 0 Å². The van der Waals surface area contributed by atoms with Gasteiger partial charge in [-0.2, -0.15) is 0 Å². The van der Waals surface area contributed by atoms with Gasteiger partial charge >= 0.3 is 0 Å². The second-order valence-corrected chi connectivity index (χ2v) is 8.84. The number of nitrogens with zero attached hydrogens (tertiary/aromatic N) is 2. The lowest BCUT2D eigenvalue weighted by Crippen LogP contribution is -2.49. The predicted molar refractivity (Wildman–Crippen MR) is 117 cm³/mol. The molecule has 1 aliphatic rings. The summed E-state index contributed by atoms with van der Waals surface area (Å²) in [6.45, 7) is 1.74. The molecular weight excluding hydrogens is 423 g/mol. The van der Waals surface area contributed by atoms with E-state index >= 15 is 0 Å². The molecule has 1 atom stereocenters. The molecule has 5 nitrogen and oxygen atoms in total. The molecular formula is C18H20Cl2N4OS2. The van der Waals surface area contributed by atoms with Crippen molar-refractivity contribution in [1.29, 1.82) is 0 Å². The predicted octanol–water partition coefficient (Wildman–Crippen LogP) is 4.12. The third-order valence-corrected chi connectivity index (χ3v) is 6.40. The number of nitrogens with one attached hydrogen (secondary N) is 2. The summed E-state index contributed by atoms with van der Waals surface area (Å²) in [4.78, 5) is 16.6. The number of halogens is 2. The van der Waals surface area contributed by atoms with Gasteiger partial charge in [0.15, 0.2) is 0 Å². The van der Waals surface area contributed by atoms with E-state index in [4.69, 9.17) is 23.2 Å². The van der Waals surface area contributed by atoms with E-state index in [9.17, 15) is 4.79 Å². The van der Waals surface area contributed by atoms with Gasteiger partial charge in [0, 0.05) is 17.4 Å². The van der Waals surface area contributed by atoms with Crippen molar-refractivity contribution in [3.8, 4) is 0 Å². The first-order valence-corrected chi connectivity index (χ1v) is 10.6. The van der Waals surface area contributed by atoms with Crippen LogP contribution in [0.3, 0.4) is 0 Å². The Morgan fingerprint density at radius 1 is 1.22 bits per heavy atom. The van der Waals surface area contributed by atoms with E-state index in [-0.39, 0.29) is 17.2 Å². The number of amides is 1. The molecule has 0 spiro atoms. The van der Waals surface area contributed by atoms with Gasteiger partial charge in [0.1, 0.15) is 4.71 Å². The standard InChI is InChI=1S/C18H20Cl2N4OS2/c19-14-6-7-16(15(20)8-14)21-22-17(25)10-23-11-24(18(26)27-12-23)9-13-4-2-1-3-5-13/h1-8,18,21,26H,9-12H2,(H,22,25). The van der Waals surface area contributed by atoms with Crippen molar-refractivity contribution >= 4 is 59.2 Å². The number of thioether (sulfide) groups is 1. The summed E-state index contributed by atoms with van der Waals surface area (Å²) >= 11 is 18.3. The topological polar surface area (TPSA) is 47.6 Å². The molecule has 9 heteroatoms. The lowest BCUT2D eigenvalue weighted by Gasteiger charge is -2.38. The summed E-state index contributed by atoms with van der Waals surface area (Å²) in [6.07, 6.45) is 0. The number of carbonyl (C=O) groups is 1. The third-order valence-electron chi connectivity index (χ3n) is 3.96. The van der Waals surface area contributed by atoms with Crippen LogP contribution in [-0.2, 0) is 11.3 Å². The number of hydrogen-bond acceptors (Lipinski definition) is 6. The Morgan fingerprint density at radius 3 is 2.74 bits per heavy atom. The first-order chi connectivity index (χ1) is 13.0. The average molecular weight is 443 g/mol. The number of thiol groups is 1. The van der Waals surface area contributed by atoms with Crippen molar-refractivity contribution in [3.05, 3.63) is 64.1 Å². The number of benzene rings is 2. The van der Waals surface area contributed by atoms with E-state index in [1.807, 2.05) is 18.2 Å². The Hall–Kier alpha value is -1.09. The molecule has 1 fully saturated rings. The fourth-order valence-electron chi connectivity index (χ4n) is 2.66. The molecule has 0 bridgehead atoms. The van der Waals surface area contributed by atoms with Gasteiger partial charge in [-0.05, 0) is 23.8 Å². The molecule has 2 N–H and O–H groups in total. The van der Waals surface area contributed by atoms with Crippen LogP contribution in [0, 0.1) is 0 Å². The maximum Gasteiger partial charge on any atom is 0.252 e. The molecule has 2 aromatic rings. The highest BCUT2D eigenvalue weighted by molar-refractivity contribution is 8.10. The van der Waals surface area contributed by atoms with Crippen LogP contribution in [0.2, 0.25) is 10.0 Å². The van der Waals surface area contributed by atoms with Crippen molar-refractivity contribution in [2.75, 3.05) is 24.5 Å². The normalized spacial score (nSPS) is 18.3. The molecule has 1 saturated heterocycles. The van der Waals surface area contributed by atoms with Crippen LogP contribution in [0.15, 0.2) is 48.5 Å². The van der Waals surface area contributed by atoms with Crippen molar-refractivity contribution in [2.24, 2.45) is 0 Å². The van der Waals surface area contributed by atoms with Crippen LogP contribution in [-0.4, -0.2) is 39.5 Å².